The Morgan fingerprint density at radius 1 is 1.57 bits per heavy atom. The lowest BCUT2D eigenvalue weighted by Crippen LogP contribution is -2.32. The summed E-state index contributed by atoms with van der Waals surface area (Å²) < 4.78 is 4.48. The molecule has 0 bridgehead atoms. The molecule has 2 unspecified atom stereocenters. The molecule has 0 aromatic carbocycles. The van der Waals surface area contributed by atoms with Gasteiger partial charge in [0.2, 0.25) is 5.91 Å². The fraction of sp³-hybridized carbons (Fsp3) is 0.778. The van der Waals surface area contributed by atoms with E-state index in [0.717, 1.165) is 6.42 Å². The van der Waals surface area contributed by atoms with Gasteiger partial charge >= 0.3 is 5.97 Å². The molecule has 0 spiro atoms. The molecule has 1 amide bonds. The number of carbonyl (C=O) groups excluding carboxylic acids is 2. The third-order valence-electron chi connectivity index (χ3n) is 2.41. The van der Waals surface area contributed by atoms with Crippen molar-refractivity contribution < 1.29 is 14.3 Å². The number of methoxy groups -OCH3 is 1. The first kappa shape index (κ1) is 11.0. The van der Waals surface area contributed by atoms with Crippen molar-refractivity contribution in [1.29, 1.82) is 0 Å². The van der Waals surface area contributed by atoms with Crippen molar-refractivity contribution in [2.45, 2.75) is 18.9 Å². The lowest BCUT2D eigenvalue weighted by molar-refractivity contribution is -0.141. The summed E-state index contributed by atoms with van der Waals surface area (Å²) in [5.41, 5.74) is 5.55. The minimum Gasteiger partial charge on any atom is -0.469 e. The smallest absolute Gasteiger partial charge is 0.307 e. The molecular formula is C9H16N2O3. The Balaban J connectivity index is 2.24. The predicted molar refractivity (Wildman–Crippen MR) is 50.4 cm³/mol. The topological polar surface area (TPSA) is 72.6 Å². The lowest BCUT2D eigenvalue weighted by Gasteiger charge is -2.15. The first-order chi connectivity index (χ1) is 6.56. The van der Waals surface area contributed by atoms with E-state index in [1.165, 1.54) is 12.0 Å². The van der Waals surface area contributed by atoms with Crippen LogP contribution in [0.25, 0.3) is 0 Å². The fourth-order valence-corrected chi connectivity index (χ4v) is 1.25. The zero-order valence-corrected chi connectivity index (χ0v) is 8.53. The molecule has 2 atom stereocenters. The van der Waals surface area contributed by atoms with Gasteiger partial charge in [0.25, 0.3) is 0 Å². The molecule has 1 fully saturated rings. The molecular weight excluding hydrogens is 184 g/mol. The molecule has 0 radical (unpaired) electrons. The minimum atomic E-state index is -0.301. The first-order valence-corrected chi connectivity index (χ1v) is 4.63. The quantitative estimate of drug-likeness (QED) is 0.612. The van der Waals surface area contributed by atoms with Gasteiger partial charge in [-0.2, -0.15) is 0 Å². The summed E-state index contributed by atoms with van der Waals surface area (Å²) in [7, 11) is 3.01. The number of esters is 1. The number of nitrogens with two attached hydrogens (primary N) is 1. The van der Waals surface area contributed by atoms with E-state index < -0.39 is 0 Å². The van der Waals surface area contributed by atoms with Crippen LogP contribution in [-0.4, -0.2) is 43.5 Å². The van der Waals surface area contributed by atoms with Gasteiger partial charge in [0, 0.05) is 19.6 Å². The van der Waals surface area contributed by atoms with Crippen LogP contribution in [0.15, 0.2) is 0 Å². The van der Waals surface area contributed by atoms with Crippen LogP contribution in [0.5, 0.6) is 0 Å². The summed E-state index contributed by atoms with van der Waals surface area (Å²) in [6.07, 6.45) is 1.00. The Bertz CT molecular complexity index is 242. The average molecular weight is 200 g/mol. The van der Waals surface area contributed by atoms with Gasteiger partial charge in [-0.3, -0.25) is 9.59 Å². The van der Waals surface area contributed by atoms with E-state index in [1.54, 1.807) is 7.05 Å². The van der Waals surface area contributed by atoms with Crippen LogP contribution >= 0.6 is 0 Å². The van der Waals surface area contributed by atoms with Crippen LogP contribution in [0.2, 0.25) is 0 Å². The molecule has 14 heavy (non-hydrogen) atoms. The highest BCUT2D eigenvalue weighted by Crippen LogP contribution is 2.29. The SMILES string of the molecule is COC(=O)CCN(C)C(=O)C1CC1N. The van der Waals surface area contributed by atoms with Gasteiger partial charge in [-0.05, 0) is 6.42 Å². The van der Waals surface area contributed by atoms with Crippen LogP contribution in [0.3, 0.4) is 0 Å². The molecule has 80 valence electrons. The van der Waals surface area contributed by atoms with Gasteiger partial charge in [0.1, 0.15) is 0 Å². The lowest BCUT2D eigenvalue weighted by atomic mass is 10.3. The Kier molecular flexibility index (Phi) is 3.46. The zero-order valence-electron chi connectivity index (χ0n) is 8.53. The van der Waals surface area contributed by atoms with Gasteiger partial charge in [-0.15, -0.1) is 0 Å². The Morgan fingerprint density at radius 3 is 2.57 bits per heavy atom. The Labute approximate surface area is 83.2 Å². The van der Waals surface area contributed by atoms with Crippen LogP contribution in [0.1, 0.15) is 12.8 Å². The van der Waals surface area contributed by atoms with Crippen molar-refractivity contribution in [3.8, 4) is 0 Å². The summed E-state index contributed by atoms with van der Waals surface area (Å²) >= 11 is 0. The van der Waals surface area contributed by atoms with E-state index in [2.05, 4.69) is 4.74 Å². The molecule has 0 saturated heterocycles. The average Bonchev–Trinajstić information content (AvgIpc) is 2.90. The van der Waals surface area contributed by atoms with Gasteiger partial charge in [0.05, 0.1) is 19.4 Å². The van der Waals surface area contributed by atoms with E-state index >= 15 is 0 Å². The summed E-state index contributed by atoms with van der Waals surface area (Å²) in [4.78, 5) is 23.9. The summed E-state index contributed by atoms with van der Waals surface area (Å²) in [5, 5.41) is 0. The second kappa shape index (κ2) is 4.41. The molecule has 5 heteroatoms. The number of rotatable bonds is 4. The predicted octanol–water partition coefficient (Wildman–Crippen LogP) is -0.645. The van der Waals surface area contributed by atoms with Crippen molar-refractivity contribution in [2.75, 3.05) is 20.7 Å². The minimum absolute atomic E-state index is 0.0167. The summed E-state index contributed by atoms with van der Waals surface area (Å²) in [6.45, 7) is 0.398. The molecule has 1 aliphatic carbocycles. The van der Waals surface area contributed by atoms with Gasteiger partial charge in [0.15, 0.2) is 0 Å². The van der Waals surface area contributed by atoms with Crippen molar-refractivity contribution in [1.82, 2.24) is 4.90 Å². The Morgan fingerprint density at radius 2 is 2.14 bits per heavy atom. The van der Waals surface area contributed by atoms with E-state index in [9.17, 15) is 9.59 Å². The van der Waals surface area contributed by atoms with E-state index in [-0.39, 0.29) is 30.3 Å². The number of hydrogen-bond acceptors (Lipinski definition) is 4. The third kappa shape index (κ3) is 2.70. The molecule has 1 aliphatic rings. The fourth-order valence-electron chi connectivity index (χ4n) is 1.25. The molecule has 5 nitrogen and oxygen atoms in total. The van der Waals surface area contributed by atoms with Crippen molar-refractivity contribution >= 4 is 11.9 Å². The van der Waals surface area contributed by atoms with Crippen molar-refractivity contribution in [2.24, 2.45) is 11.7 Å². The largest absolute Gasteiger partial charge is 0.469 e. The van der Waals surface area contributed by atoms with Crippen LogP contribution in [0.4, 0.5) is 0 Å². The normalized spacial score (nSPS) is 24.2. The second-order valence-corrected chi connectivity index (χ2v) is 3.59. The number of carbonyl (C=O) groups is 2. The van der Waals surface area contributed by atoms with Gasteiger partial charge in [-0.1, -0.05) is 0 Å². The molecule has 0 aromatic heterocycles. The number of amides is 1. The van der Waals surface area contributed by atoms with Crippen LogP contribution in [0, 0.1) is 5.92 Å². The third-order valence-corrected chi connectivity index (χ3v) is 2.41. The van der Waals surface area contributed by atoms with E-state index in [0.29, 0.717) is 6.54 Å². The summed E-state index contributed by atoms with van der Waals surface area (Å²) in [6, 6.07) is 0.0167. The molecule has 0 aliphatic heterocycles. The van der Waals surface area contributed by atoms with E-state index in [1.807, 2.05) is 0 Å². The maximum Gasteiger partial charge on any atom is 0.307 e. The molecule has 0 aromatic rings. The molecule has 2 N–H and O–H groups in total. The maximum atomic E-state index is 11.5. The molecule has 0 heterocycles. The standard InChI is InChI=1S/C9H16N2O3/c1-11(4-3-8(12)14-2)9(13)6-5-7(6)10/h6-7H,3-5,10H2,1-2H3. The monoisotopic (exact) mass is 200 g/mol. The molecule has 1 saturated carbocycles. The number of hydrogen-bond donors (Lipinski definition) is 1. The number of ether oxygens (including phenoxy) is 1. The van der Waals surface area contributed by atoms with E-state index in [4.69, 9.17) is 5.73 Å². The highest BCUT2D eigenvalue weighted by atomic mass is 16.5. The molecule has 1 rings (SSSR count). The highest BCUT2D eigenvalue weighted by Gasteiger charge is 2.41. The Hall–Kier alpha value is -1.10. The van der Waals surface area contributed by atoms with Crippen LogP contribution in [-0.2, 0) is 14.3 Å². The van der Waals surface area contributed by atoms with Crippen molar-refractivity contribution in [3.05, 3.63) is 0 Å². The first-order valence-electron chi connectivity index (χ1n) is 4.63. The van der Waals surface area contributed by atoms with Crippen molar-refractivity contribution in [3.63, 3.8) is 0 Å². The van der Waals surface area contributed by atoms with Gasteiger partial charge in [-0.25, -0.2) is 0 Å². The second-order valence-electron chi connectivity index (χ2n) is 3.59. The highest BCUT2D eigenvalue weighted by molar-refractivity contribution is 5.82. The zero-order chi connectivity index (χ0) is 10.7. The number of nitrogens with zero attached hydrogens (tertiary/aromatic N) is 1. The van der Waals surface area contributed by atoms with Gasteiger partial charge < -0.3 is 15.4 Å². The maximum absolute atomic E-state index is 11.5. The van der Waals surface area contributed by atoms with Crippen LogP contribution < -0.4 is 5.73 Å². The summed E-state index contributed by atoms with van der Waals surface area (Å²) in [5.74, 6) is -0.302.